The Kier molecular flexibility index (Phi) is 5.45. The van der Waals surface area contributed by atoms with Crippen molar-refractivity contribution in [1.29, 1.82) is 0 Å². The highest BCUT2D eigenvalue weighted by Crippen LogP contribution is 2.53. The number of hydrogen-bond donors (Lipinski definition) is 2. The van der Waals surface area contributed by atoms with Crippen molar-refractivity contribution >= 4 is 34.2 Å². The summed E-state index contributed by atoms with van der Waals surface area (Å²) >= 11 is 1.46. The van der Waals surface area contributed by atoms with E-state index in [4.69, 9.17) is 4.74 Å². The van der Waals surface area contributed by atoms with Crippen molar-refractivity contribution in [2.75, 3.05) is 11.9 Å². The minimum absolute atomic E-state index is 0.101. The van der Waals surface area contributed by atoms with Crippen LogP contribution in [0.3, 0.4) is 0 Å². The topological polar surface area (TPSA) is 92.7 Å². The smallest absolute Gasteiger partial charge is 0.341 e. The summed E-state index contributed by atoms with van der Waals surface area (Å²) in [7, 11) is 0. The second-order valence-corrected chi connectivity index (χ2v) is 9.37. The van der Waals surface area contributed by atoms with Gasteiger partial charge in [0.2, 0.25) is 5.91 Å². The minimum Gasteiger partial charge on any atom is -0.481 e. The van der Waals surface area contributed by atoms with E-state index in [1.54, 1.807) is 0 Å². The van der Waals surface area contributed by atoms with Crippen LogP contribution in [-0.4, -0.2) is 29.6 Å². The summed E-state index contributed by atoms with van der Waals surface area (Å²) < 4.78 is 5.38. The van der Waals surface area contributed by atoms with Gasteiger partial charge in [0.1, 0.15) is 5.00 Å². The van der Waals surface area contributed by atoms with Crippen molar-refractivity contribution in [3.05, 3.63) is 16.0 Å². The second-order valence-electron chi connectivity index (χ2n) is 8.26. The first-order valence-electron chi connectivity index (χ1n) is 10.4. The molecule has 2 fully saturated rings. The molecule has 0 saturated heterocycles. The Bertz CT molecular complexity index is 801. The lowest BCUT2D eigenvalue weighted by Crippen LogP contribution is -2.38. The molecule has 0 radical (unpaired) electrons. The van der Waals surface area contributed by atoms with E-state index >= 15 is 0 Å². The number of carboxylic acids is 1. The molecule has 2 N–H and O–H groups in total. The second kappa shape index (κ2) is 7.85. The number of fused-ring (bicyclic) bond motifs is 3. The molecular weight excluding hydrogens is 378 g/mol. The van der Waals surface area contributed by atoms with Crippen molar-refractivity contribution in [2.45, 2.75) is 58.3 Å². The Morgan fingerprint density at radius 2 is 1.86 bits per heavy atom. The standard InChI is InChI=1S/C21H27NO5S/c1-2-9-27-21(26)17-13-5-3-4-6-14(13)28-19(17)22-18(23)15-11-7-8-12(10-11)16(15)20(24)25/h11-12,15-16H,2-10H2,1H3,(H,22,23)(H,24,25)/t11-,12-,15-,16+/m0/s1. The van der Waals surface area contributed by atoms with Gasteiger partial charge in [-0.25, -0.2) is 4.79 Å². The van der Waals surface area contributed by atoms with Crippen molar-refractivity contribution in [1.82, 2.24) is 0 Å². The number of hydrogen-bond acceptors (Lipinski definition) is 5. The zero-order valence-electron chi connectivity index (χ0n) is 16.2. The summed E-state index contributed by atoms with van der Waals surface area (Å²) in [5, 5.41) is 13.1. The van der Waals surface area contributed by atoms with E-state index in [-0.39, 0.29) is 23.7 Å². The molecule has 3 aliphatic carbocycles. The molecule has 4 atom stereocenters. The Hall–Kier alpha value is -1.89. The number of anilines is 1. The van der Waals surface area contributed by atoms with Crippen LogP contribution in [0.5, 0.6) is 0 Å². The fraction of sp³-hybridized carbons (Fsp3) is 0.667. The summed E-state index contributed by atoms with van der Waals surface area (Å²) in [6.07, 6.45) is 7.22. The fourth-order valence-electron chi connectivity index (χ4n) is 5.36. The maximum Gasteiger partial charge on any atom is 0.341 e. The molecule has 6 nitrogen and oxygen atoms in total. The molecule has 4 rings (SSSR count). The van der Waals surface area contributed by atoms with Gasteiger partial charge in [0.15, 0.2) is 0 Å². The van der Waals surface area contributed by atoms with Gasteiger partial charge in [0.05, 0.1) is 24.0 Å². The molecule has 3 aliphatic rings. The van der Waals surface area contributed by atoms with Crippen molar-refractivity contribution in [2.24, 2.45) is 23.7 Å². The molecule has 0 spiro atoms. The predicted molar refractivity (Wildman–Crippen MR) is 106 cm³/mol. The van der Waals surface area contributed by atoms with Gasteiger partial charge < -0.3 is 15.2 Å². The normalized spacial score (nSPS) is 28.0. The molecule has 0 aromatic carbocycles. The number of amides is 1. The SMILES string of the molecule is CCCOC(=O)c1c(NC(=O)[C@H]2[C@H]3CC[C@@H](C3)[C@H]2C(=O)O)sc2c1CCCC2. The lowest BCUT2D eigenvalue weighted by molar-refractivity contribution is -0.148. The van der Waals surface area contributed by atoms with E-state index in [1.165, 1.54) is 11.3 Å². The van der Waals surface area contributed by atoms with Crippen LogP contribution in [0.25, 0.3) is 0 Å². The van der Waals surface area contributed by atoms with Gasteiger partial charge in [0.25, 0.3) is 0 Å². The van der Waals surface area contributed by atoms with Crippen LogP contribution in [0.4, 0.5) is 5.00 Å². The van der Waals surface area contributed by atoms with Crippen LogP contribution in [0.2, 0.25) is 0 Å². The van der Waals surface area contributed by atoms with Gasteiger partial charge >= 0.3 is 11.9 Å². The van der Waals surface area contributed by atoms with E-state index in [2.05, 4.69) is 5.32 Å². The van der Waals surface area contributed by atoms with E-state index in [1.807, 2.05) is 6.92 Å². The Morgan fingerprint density at radius 1 is 1.14 bits per heavy atom. The van der Waals surface area contributed by atoms with E-state index < -0.39 is 17.8 Å². The fourth-order valence-corrected chi connectivity index (χ4v) is 6.64. The number of thiophene rings is 1. The van der Waals surface area contributed by atoms with Crippen molar-refractivity contribution in [3.8, 4) is 0 Å². The first-order valence-corrected chi connectivity index (χ1v) is 11.2. The Balaban J connectivity index is 1.60. The number of rotatable bonds is 6. The highest BCUT2D eigenvalue weighted by Gasteiger charge is 2.54. The molecule has 28 heavy (non-hydrogen) atoms. The van der Waals surface area contributed by atoms with Crippen LogP contribution < -0.4 is 5.32 Å². The van der Waals surface area contributed by atoms with Gasteiger partial charge in [-0.2, -0.15) is 0 Å². The lowest BCUT2D eigenvalue weighted by atomic mass is 9.78. The average Bonchev–Trinajstić information content (AvgIpc) is 3.37. The maximum atomic E-state index is 13.1. The summed E-state index contributed by atoms with van der Waals surface area (Å²) in [5.74, 6) is -2.37. The van der Waals surface area contributed by atoms with Gasteiger partial charge in [-0.05, 0) is 68.8 Å². The predicted octanol–water partition coefficient (Wildman–Crippen LogP) is 3.88. The average molecular weight is 406 g/mol. The molecule has 152 valence electrons. The van der Waals surface area contributed by atoms with Crippen LogP contribution in [0, 0.1) is 23.7 Å². The van der Waals surface area contributed by atoms with Crippen LogP contribution in [-0.2, 0) is 27.2 Å². The van der Waals surface area contributed by atoms with Crippen molar-refractivity contribution in [3.63, 3.8) is 0 Å². The summed E-state index contributed by atoms with van der Waals surface area (Å²) in [5.41, 5.74) is 1.51. The number of carbonyl (C=O) groups excluding carboxylic acids is 2. The maximum absolute atomic E-state index is 13.1. The largest absolute Gasteiger partial charge is 0.481 e. The van der Waals surface area contributed by atoms with E-state index in [0.717, 1.165) is 61.8 Å². The van der Waals surface area contributed by atoms with Gasteiger partial charge in [-0.15, -0.1) is 11.3 Å². The summed E-state index contributed by atoms with van der Waals surface area (Å²) in [6, 6.07) is 0. The Morgan fingerprint density at radius 3 is 2.57 bits per heavy atom. The molecular formula is C21H27NO5S. The third kappa shape index (κ3) is 3.34. The number of carboxylic acid groups (broad SMARTS) is 1. The third-order valence-electron chi connectivity index (χ3n) is 6.55. The molecule has 2 saturated carbocycles. The number of carbonyl (C=O) groups is 3. The zero-order chi connectivity index (χ0) is 19.8. The molecule has 1 amide bonds. The van der Waals surface area contributed by atoms with E-state index in [0.29, 0.717) is 17.2 Å². The van der Waals surface area contributed by atoms with Crippen LogP contribution in [0.15, 0.2) is 0 Å². The van der Waals surface area contributed by atoms with Crippen molar-refractivity contribution < 1.29 is 24.2 Å². The first-order chi connectivity index (χ1) is 13.5. The summed E-state index contributed by atoms with van der Waals surface area (Å²) in [4.78, 5) is 38.7. The first kappa shape index (κ1) is 19.4. The summed E-state index contributed by atoms with van der Waals surface area (Å²) in [6.45, 7) is 2.30. The molecule has 1 heterocycles. The number of esters is 1. The Labute approximate surface area is 168 Å². The van der Waals surface area contributed by atoms with Gasteiger partial charge in [0, 0.05) is 4.88 Å². The monoisotopic (exact) mass is 405 g/mol. The third-order valence-corrected chi connectivity index (χ3v) is 7.76. The minimum atomic E-state index is -0.875. The van der Waals surface area contributed by atoms with Crippen LogP contribution in [0.1, 0.15) is 66.2 Å². The highest BCUT2D eigenvalue weighted by molar-refractivity contribution is 7.17. The molecule has 7 heteroatoms. The van der Waals surface area contributed by atoms with E-state index in [9.17, 15) is 19.5 Å². The highest BCUT2D eigenvalue weighted by atomic mass is 32.1. The quantitative estimate of drug-likeness (QED) is 0.701. The zero-order valence-corrected chi connectivity index (χ0v) is 17.0. The van der Waals surface area contributed by atoms with Gasteiger partial charge in [-0.1, -0.05) is 6.92 Å². The van der Waals surface area contributed by atoms with Crippen LogP contribution >= 0.6 is 11.3 Å². The molecule has 2 bridgehead atoms. The lowest BCUT2D eigenvalue weighted by Gasteiger charge is -2.27. The number of aliphatic carboxylic acids is 1. The molecule has 1 aromatic heterocycles. The molecule has 0 unspecified atom stereocenters. The van der Waals surface area contributed by atoms with Gasteiger partial charge in [-0.3, -0.25) is 9.59 Å². The molecule has 1 aromatic rings. The number of nitrogens with one attached hydrogen (secondary N) is 1. The molecule has 0 aliphatic heterocycles. The number of aryl methyl sites for hydroxylation is 1. The number of ether oxygens (including phenoxy) is 1.